The van der Waals surface area contributed by atoms with Gasteiger partial charge in [-0.1, -0.05) is 31.5 Å². The second-order valence-electron chi connectivity index (χ2n) is 4.80. The summed E-state index contributed by atoms with van der Waals surface area (Å²) in [6.07, 6.45) is 4.79. The van der Waals surface area contributed by atoms with Crippen LogP contribution in [0.2, 0.25) is 0 Å². The van der Waals surface area contributed by atoms with E-state index < -0.39 is 0 Å². The summed E-state index contributed by atoms with van der Waals surface area (Å²) >= 11 is 0. The summed E-state index contributed by atoms with van der Waals surface area (Å²) in [6, 6.07) is 11.0. The van der Waals surface area contributed by atoms with Crippen LogP contribution in [0.25, 0.3) is 0 Å². The third-order valence-corrected chi connectivity index (χ3v) is 2.99. The molecule has 0 amide bonds. The number of hydrogen-bond acceptors (Lipinski definition) is 2. The van der Waals surface area contributed by atoms with Crippen LogP contribution in [0, 0.1) is 0 Å². The minimum Gasteiger partial charge on any atom is -0.372 e. The molecule has 1 unspecified atom stereocenters. The lowest BCUT2D eigenvalue weighted by molar-refractivity contribution is 0.601. The maximum absolute atomic E-state index is 5.80. The van der Waals surface area contributed by atoms with Gasteiger partial charge in [-0.25, -0.2) is 0 Å². The van der Waals surface area contributed by atoms with Gasteiger partial charge in [0, 0.05) is 24.8 Å². The third kappa shape index (κ3) is 5.73. The van der Waals surface area contributed by atoms with E-state index in [0.717, 1.165) is 19.5 Å². The van der Waals surface area contributed by atoms with Gasteiger partial charge < -0.3 is 10.6 Å². The molecule has 0 aromatic heterocycles. The van der Waals surface area contributed by atoms with Crippen molar-refractivity contribution in [2.45, 2.75) is 45.6 Å². The van der Waals surface area contributed by atoms with E-state index in [1.54, 1.807) is 0 Å². The lowest BCUT2D eigenvalue weighted by Crippen LogP contribution is -2.27. The zero-order valence-electron chi connectivity index (χ0n) is 11.2. The fraction of sp³-hybridized carbons (Fsp3) is 0.600. The van der Waals surface area contributed by atoms with Crippen LogP contribution in [-0.2, 0) is 0 Å². The molecule has 0 spiro atoms. The smallest absolute Gasteiger partial charge is 0.0366 e. The first-order chi connectivity index (χ1) is 8.24. The minimum absolute atomic E-state index is 0.318. The molecule has 0 heterocycles. The van der Waals surface area contributed by atoms with Crippen LogP contribution in [0.5, 0.6) is 0 Å². The van der Waals surface area contributed by atoms with Gasteiger partial charge in [-0.15, -0.1) is 0 Å². The van der Waals surface area contributed by atoms with Gasteiger partial charge in [0.2, 0.25) is 0 Å². The van der Waals surface area contributed by atoms with Crippen molar-refractivity contribution in [3.63, 3.8) is 0 Å². The molecule has 1 aromatic carbocycles. The Balaban J connectivity index is 2.48. The van der Waals surface area contributed by atoms with Crippen molar-refractivity contribution < 1.29 is 0 Å². The summed E-state index contributed by atoms with van der Waals surface area (Å²) in [6.45, 7) is 6.59. The van der Waals surface area contributed by atoms with Crippen LogP contribution in [0.15, 0.2) is 30.3 Å². The normalized spacial score (nSPS) is 12.4. The predicted molar refractivity (Wildman–Crippen MR) is 76.4 cm³/mol. The summed E-state index contributed by atoms with van der Waals surface area (Å²) in [5, 5.41) is 0. The van der Waals surface area contributed by atoms with E-state index in [4.69, 9.17) is 5.73 Å². The molecule has 0 radical (unpaired) electrons. The van der Waals surface area contributed by atoms with E-state index in [-0.39, 0.29) is 0 Å². The molecule has 2 heteroatoms. The van der Waals surface area contributed by atoms with Crippen molar-refractivity contribution in [3.05, 3.63) is 30.3 Å². The van der Waals surface area contributed by atoms with E-state index >= 15 is 0 Å². The Morgan fingerprint density at radius 3 is 2.35 bits per heavy atom. The molecule has 0 aliphatic rings. The van der Waals surface area contributed by atoms with E-state index in [0.29, 0.717) is 6.04 Å². The van der Waals surface area contributed by atoms with Crippen molar-refractivity contribution in [2.75, 3.05) is 18.0 Å². The first kappa shape index (κ1) is 14.0. The Morgan fingerprint density at radius 2 is 1.76 bits per heavy atom. The summed E-state index contributed by atoms with van der Waals surface area (Å²) in [5.41, 5.74) is 7.14. The molecule has 0 aliphatic heterocycles. The molecule has 0 aliphatic carbocycles. The highest BCUT2D eigenvalue weighted by Gasteiger charge is 2.05. The SMILES string of the molecule is CCCCN(CCCC(C)N)c1ccccc1. The van der Waals surface area contributed by atoms with E-state index in [9.17, 15) is 0 Å². The lowest BCUT2D eigenvalue weighted by atomic mass is 10.1. The van der Waals surface area contributed by atoms with E-state index in [2.05, 4.69) is 49.1 Å². The Morgan fingerprint density at radius 1 is 1.12 bits per heavy atom. The lowest BCUT2D eigenvalue weighted by Gasteiger charge is -2.25. The molecule has 1 atom stereocenters. The van der Waals surface area contributed by atoms with Gasteiger partial charge in [0.1, 0.15) is 0 Å². The topological polar surface area (TPSA) is 29.3 Å². The largest absolute Gasteiger partial charge is 0.372 e. The van der Waals surface area contributed by atoms with Gasteiger partial charge >= 0.3 is 0 Å². The van der Waals surface area contributed by atoms with Crippen LogP contribution in [-0.4, -0.2) is 19.1 Å². The molecular formula is C15H26N2. The van der Waals surface area contributed by atoms with E-state index in [1.807, 2.05) is 0 Å². The quantitative estimate of drug-likeness (QED) is 0.747. The first-order valence-electron chi connectivity index (χ1n) is 6.79. The number of benzene rings is 1. The molecule has 2 nitrogen and oxygen atoms in total. The second-order valence-corrected chi connectivity index (χ2v) is 4.80. The fourth-order valence-electron chi connectivity index (χ4n) is 1.96. The summed E-state index contributed by atoms with van der Waals surface area (Å²) in [5.74, 6) is 0. The van der Waals surface area contributed by atoms with Crippen molar-refractivity contribution in [1.29, 1.82) is 0 Å². The third-order valence-electron chi connectivity index (χ3n) is 2.99. The van der Waals surface area contributed by atoms with Crippen LogP contribution >= 0.6 is 0 Å². The van der Waals surface area contributed by atoms with Crippen LogP contribution in [0.1, 0.15) is 39.5 Å². The molecule has 1 rings (SSSR count). The summed E-state index contributed by atoms with van der Waals surface area (Å²) in [4.78, 5) is 2.48. The molecule has 0 bridgehead atoms. The zero-order chi connectivity index (χ0) is 12.5. The predicted octanol–water partition coefficient (Wildman–Crippen LogP) is 3.42. The van der Waals surface area contributed by atoms with Gasteiger partial charge in [-0.2, -0.15) is 0 Å². The Labute approximate surface area is 106 Å². The van der Waals surface area contributed by atoms with Gasteiger partial charge in [-0.3, -0.25) is 0 Å². The Kier molecular flexibility index (Phi) is 6.71. The van der Waals surface area contributed by atoms with Crippen LogP contribution in [0.3, 0.4) is 0 Å². The Bertz CT molecular complexity index is 282. The number of rotatable bonds is 8. The van der Waals surface area contributed by atoms with Crippen molar-refractivity contribution >= 4 is 5.69 Å². The molecule has 0 saturated carbocycles. The highest BCUT2D eigenvalue weighted by atomic mass is 15.1. The maximum atomic E-state index is 5.80. The average molecular weight is 234 g/mol. The number of unbranched alkanes of at least 4 members (excludes halogenated alkanes) is 1. The number of para-hydroxylation sites is 1. The van der Waals surface area contributed by atoms with Gasteiger partial charge in [0.25, 0.3) is 0 Å². The molecule has 0 saturated heterocycles. The summed E-state index contributed by atoms with van der Waals surface area (Å²) < 4.78 is 0. The standard InChI is InChI=1S/C15H26N2/c1-3-4-12-17(13-8-9-14(2)16)15-10-6-5-7-11-15/h5-7,10-11,14H,3-4,8-9,12-13,16H2,1-2H3. The first-order valence-corrected chi connectivity index (χ1v) is 6.79. The summed E-state index contributed by atoms with van der Waals surface area (Å²) in [7, 11) is 0. The van der Waals surface area contributed by atoms with Crippen molar-refractivity contribution in [3.8, 4) is 0 Å². The zero-order valence-corrected chi connectivity index (χ0v) is 11.2. The van der Waals surface area contributed by atoms with Crippen LogP contribution < -0.4 is 10.6 Å². The average Bonchev–Trinajstić information content (AvgIpc) is 2.34. The fourth-order valence-corrected chi connectivity index (χ4v) is 1.96. The van der Waals surface area contributed by atoms with Gasteiger partial charge in [0.05, 0.1) is 0 Å². The maximum Gasteiger partial charge on any atom is 0.0366 e. The minimum atomic E-state index is 0.318. The molecule has 2 N–H and O–H groups in total. The molecule has 0 fully saturated rings. The van der Waals surface area contributed by atoms with Gasteiger partial charge in [0.15, 0.2) is 0 Å². The number of anilines is 1. The van der Waals surface area contributed by atoms with Crippen molar-refractivity contribution in [1.82, 2.24) is 0 Å². The molecule has 17 heavy (non-hydrogen) atoms. The Hall–Kier alpha value is -1.02. The number of nitrogens with two attached hydrogens (primary N) is 1. The molecule has 96 valence electrons. The van der Waals surface area contributed by atoms with Gasteiger partial charge in [-0.05, 0) is 38.3 Å². The molecule has 1 aromatic rings. The van der Waals surface area contributed by atoms with Crippen molar-refractivity contribution in [2.24, 2.45) is 5.73 Å². The molecular weight excluding hydrogens is 208 g/mol. The van der Waals surface area contributed by atoms with E-state index in [1.165, 1.54) is 24.9 Å². The highest BCUT2D eigenvalue weighted by molar-refractivity contribution is 5.45. The highest BCUT2D eigenvalue weighted by Crippen LogP contribution is 2.15. The van der Waals surface area contributed by atoms with Crippen LogP contribution in [0.4, 0.5) is 5.69 Å². The number of hydrogen-bond donors (Lipinski definition) is 1. The monoisotopic (exact) mass is 234 g/mol. The number of nitrogens with zero attached hydrogens (tertiary/aromatic N) is 1. The second kappa shape index (κ2) is 8.13.